The molecule has 0 bridgehead atoms. The van der Waals surface area contributed by atoms with Crippen molar-refractivity contribution in [3.05, 3.63) is 69.4 Å². The number of carbonyl (C=O) groups is 1. The topological polar surface area (TPSA) is 56.7 Å². The lowest BCUT2D eigenvalue weighted by molar-refractivity contribution is 0.0827. The van der Waals surface area contributed by atoms with E-state index in [0.717, 1.165) is 10.0 Å². The van der Waals surface area contributed by atoms with Crippen LogP contribution in [0, 0.1) is 5.82 Å². The highest BCUT2D eigenvalue weighted by molar-refractivity contribution is 9.10. The van der Waals surface area contributed by atoms with Crippen LogP contribution in [0.25, 0.3) is 0 Å². The summed E-state index contributed by atoms with van der Waals surface area (Å²) >= 11 is 3.34. The molecule has 0 fully saturated rings. The van der Waals surface area contributed by atoms with Gasteiger partial charge in [-0.1, -0.05) is 28.1 Å². The molecule has 2 aromatic rings. The standard InChI is InChI=1S/C19H22BrFN4O/c1-22-19(24-12-15-10-16(20)8-9-17(15)21)23-11-13-4-6-14(7-5-13)18(26)25(2)3/h4-10H,11-12H2,1-3H3,(H2,22,23,24). The van der Waals surface area contributed by atoms with Crippen molar-refractivity contribution in [3.63, 3.8) is 0 Å². The lowest BCUT2D eigenvalue weighted by Crippen LogP contribution is -2.36. The van der Waals surface area contributed by atoms with E-state index < -0.39 is 0 Å². The third-order valence-electron chi connectivity index (χ3n) is 3.74. The fraction of sp³-hybridized carbons (Fsp3) is 0.263. The van der Waals surface area contributed by atoms with Crippen molar-refractivity contribution in [1.82, 2.24) is 15.5 Å². The first-order chi connectivity index (χ1) is 12.4. The zero-order valence-electron chi connectivity index (χ0n) is 15.0. The second-order valence-corrected chi connectivity index (χ2v) is 6.83. The molecule has 138 valence electrons. The molecule has 0 radical (unpaired) electrons. The molecular formula is C19H22BrFN4O. The lowest BCUT2D eigenvalue weighted by atomic mass is 10.1. The Kier molecular flexibility index (Phi) is 7.15. The number of aliphatic imine (C=N–C) groups is 1. The average molecular weight is 421 g/mol. The van der Waals surface area contributed by atoms with Crippen molar-refractivity contribution in [1.29, 1.82) is 0 Å². The second kappa shape index (κ2) is 9.33. The van der Waals surface area contributed by atoms with E-state index in [0.29, 0.717) is 30.2 Å². The Hall–Kier alpha value is -2.41. The van der Waals surface area contributed by atoms with Crippen molar-refractivity contribution in [2.75, 3.05) is 21.1 Å². The van der Waals surface area contributed by atoms with Gasteiger partial charge in [-0.15, -0.1) is 0 Å². The predicted octanol–water partition coefficient (Wildman–Crippen LogP) is 3.16. The fourth-order valence-electron chi connectivity index (χ4n) is 2.29. The van der Waals surface area contributed by atoms with Crippen molar-refractivity contribution >= 4 is 27.8 Å². The van der Waals surface area contributed by atoms with E-state index in [2.05, 4.69) is 31.6 Å². The number of hydrogen-bond donors (Lipinski definition) is 2. The maximum atomic E-state index is 13.8. The van der Waals surface area contributed by atoms with Crippen molar-refractivity contribution in [2.24, 2.45) is 4.99 Å². The van der Waals surface area contributed by atoms with Crippen LogP contribution in [-0.2, 0) is 13.1 Å². The molecule has 0 aliphatic rings. The van der Waals surface area contributed by atoms with Crippen LogP contribution in [0.15, 0.2) is 51.9 Å². The van der Waals surface area contributed by atoms with Gasteiger partial charge >= 0.3 is 0 Å². The molecule has 0 saturated heterocycles. The molecule has 0 heterocycles. The summed E-state index contributed by atoms with van der Waals surface area (Å²) in [5.41, 5.74) is 2.21. The number of nitrogens with one attached hydrogen (secondary N) is 2. The highest BCUT2D eigenvalue weighted by Crippen LogP contribution is 2.15. The lowest BCUT2D eigenvalue weighted by Gasteiger charge is -2.13. The zero-order valence-corrected chi connectivity index (χ0v) is 16.6. The summed E-state index contributed by atoms with van der Waals surface area (Å²) in [6.45, 7) is 0.859. The molecular weight excluding hydrogens is 399 g/mol. The molecule has 2 rings (SSSR count). The van der Waals surface area contributed by atoms with E-state index in [4.69, 9.17) is 0 Å². The van der Waals surface area contributed by atoms with E-state index in [1.165, 1.54) is 6.07 Å². The van der Waals surface area contributed by atoms with Gasteiger partial charge in [-0.25, -0.2) is 4.39 Å². The number of halogens is 2. The Morgan fingerprint density at radius 2 is 1.77 bits per heavy atom. The maximum absolute atomic E-state index is 13.8. The fourth-order valence-corrected chi connectivity index (χ4v) is 2.70. The van der Waals surface area contributed by atoms with Crippen molar-refractivity contribution in [2.45, 2.75) is 13.1 Å². The third kappa shape index (κ3) is 5.56. The smallest absolute Gasteiger partial charge is 0.253 e. The van der Waals surface area contributed by atoms with Gasteiger partial charge in [0.1, 0.15) is 5.82 Å². The summed E-state index contributed by atoms with van der Waals surface area (Å²) < 4.78 is 14.6. The normalized spacial score (nSPS) is 11.2. The van der Waals surface area contributed by atoms with Gasteiger partial charge < -0.3 is 15.5 Å². The Morgan fingerprint density at radius 3 is 2.38 bits per heavy atom. The number of carbonyl (C=O) groups excluding carboxylic acids is 1. The molecule has 0 saturated carbocycles. The summed E-state index contributed by atoms with van der Waals surface area (Å²) in [7, 11) is 5.11. The largest absolute Gasteiger partial charge is 0.352 e. The van der Waals surface area contributed by atoms with Gasteiger partial charge in [0.25, 0.3) is 5.91 Å². The van der Waals surface area contributed by atoms with Crippen LogP contribution in [0.2, 0.25) is 0 Å². The van der Waals surface area contributed by atoms with E-state index in [1.54, 1.807) is 50.3 Å². The van der Waals surface area contributed by atoms with Gasteiger partial charge in [0.2, 0.25) is 0 Å². The van der Waals surface area contributed by atoms with Gasteiger partial charge in [-0.2, -0.15) is 0 Å². The minimum atomic E-state index is -0.266. The summed E-state index contributed by atoms with van der Waals surface area (Å²) in [6, 6.07) is 12.2. The second-order valence-electron chi connectivity index (χ2n) is 5.91. The van der Waals surface area contributed by atoms with Gasteiger partial charge in [-0.3, -0.25) is 9.79 Å². The molecule has 0 spiro atoms. The first-order valence-electron chi connectivity index (χ1n) is 8.09. The molecule has 0 aromatic heterocycles. The van der Waals surface area contributed by atoms with E-state index in [-0.39, 0.29) is 11.7 Å². The average Bonchev–Trinajstić information content (AvgIpc) is 2.64. The Labute approximate surface area is 161 Å². The van der Waals surface area contributed by atoms with Gasteiger partial charge in [0, 0.05) is 49.8 Å². The molecule has 0 aliphatic heterocycles. The molecule has 5 nitrogen and oxygen atoms in total. The number of nitrogens with zero attached hydrogens (tertiary/aromatic N) is 2. The van der Waals surface area contributed by atoms with E-state index in [9.17, 15) is 9.18 Å². The minimum absolute atomic E-state index is 0.0296. The van der Waals surface area contributed by atoms with E-state index >= 15 is 0 Å². The molecule has 0 unspecified atom stereocenters. The number of benzene rings is 2. The minimum Gasteiger partial charge on any atom is -0.352 e. The SMILES string of the molecule is CN=C(NCc1ccc(C(=O)N(C)C)cc1)NCc1cc(Br)ccc1F. The molecule has 7 heteroatoms. The molecule has 2 aromatic carbocycles. The van der Waals surface area contributed by atoms with Crippen LogP contribution in [-0.4, -0.2) is 37.9 Å². The number of rotatable bonds is 5. The summed E-state index contributed by atoms with van der Waals surface area (Å²) in [5, 5.41) is 6.26. The van der Waals surface area contributed by atoms with Crippen molar-refractivity contribution in [3.8, 4) is 0 Å². The van der Waals surface area contributed by atoms with E-state index in [1.807, 2.05) is 12.1 Å². The monoisotopic (exact) mass is 420 g/mol. The van der Waals surface area contributed by atoms with Crippen LogP contribution < -0.4 is 10.6 Å². The van der Waals surface area contributed by atoms with Crippen LogP contribution in [0.3, 0.4) is 0 Å². The number of hydrogen-bond acceptors (Lipinski definition) is 2. The molecule has 0 aliphatic carbocycles. The first-order valence-corrected chi connectivity index (χ1v) is 8.89. The van der Waals surface area contributed by atoms with Crippen LogP contribution in [0.1, 0.15) is 21.5 Å². The van der Waals surface area contributed by atoms with Crippen LogP contribution in [0.4, 0.5) is 4.39 Å². The summed E-state index contributed by atoms with van der Waals surface area (Å²) in [4.78, 5) is 17.6. The summed E-state index contributed by atoms with van der Waals surface area (Å²) in [5.74, 6) is 0.271. The highest BCUT2D eigenvalue weighted by atomic mass is 79.9. The number of amides is 1. The highest BCUT2D eigenvalue weighted by Gasteiger charge is 2.08. The van der Waals surface area contributed by atoms with Gasteiger partial charge in [-0.05, 0) is 35.9 Å². The zero-order chi connectivity index (χ0) is 19.1. The third-order valence-corrected chi connectivity index (χ3v) is 4.24. The molecule has 2 N–H and O–H groups in total. The van der Waals surface area contributed by atoms with Crippen LogP contribution >= 0.6 is 15.9 Å². The Bertz CT molecular complexity index is 791. The molecule has 1 amide bonds. The molecule has 26 heavy (non-hydrogen) atoms. The quantitative estimate of drug-likeness (QED) is 0.576. The maximum Gasteiger partial charge on any atom is 0.253 e. The van der Waals surface area contributed by atoms with Gasteiger partial charge in [0.05, 0.1) is 0 Å². The summed E-state index contributed by atoms with van der Waals surface area (Å²) in [6.07, 6.45) is 0. The van der Waals surface area contributed by atoms with Gasteiger partial charge in [0.15, 0.2) is 5.96 Å². The first kappa shape index (κ1) is 19.9. The van der Waals surface area contributed by atoms with Crippen LogP contribution in [0.5, 0.6) is 0 Å². The number of guanidine groups is 1. The predicted molar refractivity (Wildman–Crippen MR) is 106 cm³/mol. The van der Waals surface area contributed by atoms with Crippen molar-refractivity contribution < 1.29 is 9.18 Å². The molecule has 0 atom stereocenters. The Morgan fingerprint density at radius 1 is 1.12 bits per heavy atom. The Balaban J connectivity index is 1.90.